The number of hydrogen-bond donors (Lipinski definition) is 0. The van der Waals surface area contributed by atoms with Crippen LogP contribution in [0.3, 0.4) is 0 Å². The predicted molar refractivity (Wildman–Crippen MR) is 83.9 cm³/mol. The first-order valence-corrected chi connectivity index (χ1v) is 7.12. The van der Waals surface area contributed by atoms with Crippen LogP contribution in [0.2, 0.25) is 5.15 Å². The summed E-state index contributed by atoms with van der Waals surface area (Å²) in [7, 11) is 2.62. The number of halogens is 3. The van der Waals surface area contributed by atoms with E-state index < -0.39 is 11.6 Å². The molecule has 2 aromatic rings. The fourth-order valence-electron chi connectivity index (χ4n) is 2.44. The third-order valence-electron chi connectivity index (χ3n) is 3.60. The minimum atomic E-state index is -0.791. The lowest BCUT2D eigenvalue weighted by Crippen LogP contribution is -2.22. The van der Waals surface area contributed by atoms with Crippen molar-refractivity contribution >= 4 is 23.4 Å². The van der Waals surface area contributed by atoms with Gasteiger partial charge in [-0.2, -0.15) is 0 Å². The highest BCUT2D eigenvalue weighted by Crippen LogP contribution is 2.39. The Morgan fingerprint density at radius 1 is 1.13 bits per heavy atom. The molecule has 0 spiro atoms. The Balaban J connectivity index is 2.08. The van der Waals surface area contributed by atoms with Gasteiger partial charge in [0.1, 0.15) is 10.8 Å². The Morgan fingerprint density at radius 3 is 2.39 bits per heavy atom. The first-order valence-electron chi connectivity index (χ1n) is 6.74. The number of nitrogens with zero attached hydrogens (tertiary/aromatic N) is 2. The third-order valence-corrected chi connectivity index (χ3v) is 3.81. The largest absolute Gasteiger partial charge is 0.493 e. The molecule has 1 aromatic heterocycles. The van der Waals surface area contributed by atoms with Crippen LogP contribution < -0.4 is 14.4 Å². The summed E-state index contributed by atoms with van der Waals surface area (Å²) < 4.78 is 39.0. The summed E-state index contributed by atoms with van der Waals surface area (Å²) in [5.41, 5.74) is 1.42. The molecule has 0 aliphatic carbocycles. The molecule has 0 N–H and O–H groups in total. The Labute approximate surface area is 136 Å². The van der Waals surface area contributed by atoms with Crippen molar-refractivity contribution in [1.82, 2.24) is 4.98 Å². The van der Waals surface area contributed by atoms with E-state index in [-0.39, 0.29) is 23.7 Å². The highest BCUT2D eigenvalue weighted by atomic mass is 35.5. The van der Waals surface area contributed by atoms with Crippen LogP contribution in [0.4, 0.5) is 14.5 Å². The number of pyridine rings is 1. The average molecular weight is 339 g/mol. The highest BCUT2D eigenvalue weighted by Gasteiger charge is 2.25. The van der Waals surface area contributed by atoms with Crippen LogP contribution in [0.15, 0.2) is 24.5 Å². The van der Waals surface area contributed by atoms with Gasteiger partial charge >= 0.3 is 0 Å². The van der Waals surface area contributed by atoms with Crippen molar-refractivity contribution in [2.75, 3.05) is 19.1 Å². The topological polar surface area (TPSA) is 34.6 Å². The molecule has 1 aliphatic rings. The van der Waals surface area contributed by atoms with Crippen LogP contribution in [0.5, 0.6) is 11.5 Å². The molecule has 0 atom stereocenters. The molecule has 3 rings (SSSR count). The minimum Gasteiger partial charge on any atom is -0.493 e. The smallest absolute Gasteiger partial charge is 0.191 e. The van der Waals surface area contributed by atoms with Gasteiger partial charge in [0.15, 0.2) is 23.1 Å². The zero-order valence-electron chi connectivity index (χ0n) is 12.4. The Morgan fingerprint density at radius 2 is 1.78 bits per heavy atom. The van der Waals surface area contributed by atoms with E-state index in [1.54, 1.807) is 24.5 Å². The van der Waals surface area contributed by atoms with Crippen LogP contribution in [-0.2, 0) is 6.54 Å². The fraction of sp³-hybridized carbons (Fsp3) is 0.188. The molecule has 0 saturated carbocycles. The fourth-order valence-corrected chi connectivity index (χ4v) is 2.61. The Hall–Kier alpha value is -2.34. The lowest BCUT2D eigenvalue weighted by molar-refractivity contribution is 0.358. The number of anilines is 1. The van der Waals surface area contributed by atoms with Crippen molar-refractivity contribution in [3.05, 3.63) is 52.4 Å². The maximum atomic E-state index is 14.5. The van der Waals surface area contributed by atoms with Gasteiger partial charge in [0.05, 0.1) is 14.2 Å². The summed E-state index contributed by atoms with van der Waals surface area (Å²) in [5.74, 6) is -1.76. The monoisotopic (exact) mass is 338 g/mol. The second kappa shape index (κ2) is 6.04. The van der Waals surface area contributed by atoms with Gasteiger partial charge in [0.25, 0.3) is 0 Å². The normalized spacial score (nSPS) is 13.0. The first kappa shape index (κ1) is 15.6. The second-order valence-corrected chi connectivity index (χ2v) is 5.29. The molecule has 0 bridgehead atoms. The number of methoxy groups -OCH3 is 2. The molecule has 1 aliphatic heterocycles. The van der Waals surface area contributed by atoms with Gasteiger partial charge in [-0.1, -0.05) is 11.6 Å². The molecular weight excluding hydrogens is 326 g/mol. The van der Waals surface area contributed by atoms with E-state index in [0.29, 0.717) is 5.15 Å². The van der Waals surface area contributed by atoms with E-state index in [0.717, 1.165) is 11.1 Å². The molecule has 0 amide bonds. The summed E-state index contributed by atoms with van der Waals surface area (Å²) in [6.07, 6.45) is 4.89. The molecule has 2 heterocycles. The summed E-state index contributed by atoms with van der Waals surface area (Å²) >= 11 is 5.85. The molecule has 120 valence electrons. The van der Waals surface area contributed by atoms with Gasteiger partial charge < -0.3 is 14.4 Å². The van der Waals surface area contributed by atoms with Crippen molar-refractivity contribution in [2.45, 2.75) is 6.54 Å². The molecule has 0 radical (unpaired) electrons. The van der Waals surface area contributed by atoms with Gasteiger partial charge in [0.2, 0.25) is 0 Å². The van der Waals surface area contributed by atoms with Gasteiger partial charge in [-0.05, 0) is 23.3 Å². The SMILES string of the molecule is COc1cc(OC)c(F)c(N2C=Cc3cc(Cl)ncc3C2)c1F. The number of aromatic nitrogens is 1. The average Bonchev–Trinajstić information content (AvgIpc) is 2.55. The number of benzene rings is 1. The van der Waals surface area contributed by atoms with Crippen LogP contribution in [-0.4, -0.2) is 19.2 Å². The molecule has 7 heteroatoms. The molecule has 0 saturated heterocycles. The van der Waals surface area contributed by atoms with Gasteiger partial charge in [-0.3, -0.25) is 0 Å². The molecule has 1 aromatic carbocycles. The van der Waals surface area contributed by atoms with Crippen LogP contribution in [0.1, 0.15) is 11.1 Å². The lowest BCUT2D eigenvalue weighted by Gasteiger charge is -2.27. The quantitative estimate of drug-likeness (QED) is 0.792. The summed E-state index contributed by atoms with van der Waals surface area (Å²) in [5, 5.41) is 0.363. The summed E-state index contributed by atoms with van der Waals surface area (Å²) in [6, 6.07) is 2.88. The van der Waals surface area contributed by atoms with E-state index in [1.807, 2.05) is 0 Å². The number of hydrogen-bond acceptors (Lipinski definition) is 4. The number of fused-ring (bicyclic) bond motifs is 1. The highest BCUT2D eigenvalue weighted by molar-refractivity contribution is 6.29. The van der Waals surface area contributed by atoms with Crippen molar-refractivity contribution in [1.29, 1.82) is 0 Å². The molecule has 0 unspecified atom stereocenters. The summed E-state index contributed by atoms with van der Waals surface area (Å²) in [6.45, 7) is 0.250. The van der Waals surface area contributed by atoms with Gasteiger partial charge in [-0.15, -0.1) is 0 Å². The predicted octanol–water partition coefficient (Wildman–Crippen LogP) is 4.02. The molecule has 0 fully saturated rings. The molecule has 4 nitrogen and oxygen atoms in total. The van der Waals surface area contributed by atoms with Crippen LogP contribution in [0.25, 0.3) is 6.08 Å². The van der Waals surface area contributed by atoms with Gasteiger partial charge in [-0.25, -0.2) is 13.8 Å². The Kier molecular flexibility index (Phi) is 4.09. The molecule has 23 heavy (non-hydrogen) atoms. The Bertz CT molecular complexity index is 768. The maximum absolute atomic E-state index is 14.5. The maximum Gasteiger partial charge on any atom is 0.191 e. The number of ether oxygens (including phenoxy) is 2. The zero-order chi connectivity index (χ0) is 16.6. The van der Waals surface area contributed by atoms with Crippen molar-refractivity contribution in [3.8, 4) is 11.5 Å². The van der Waals surface area contributed by atoms with Crippen molar-refractivity contribution in [3.63, 3.8) is 0 Å². The second-order valence-electron chi connectivity index (χ2n) is 4.91. The van der Waals surface area contributed by atoms with E-state index >= 15 is 0 Å². The zero-order valence-corrected chi connectivity index (χ0v) is 13.2. The van der Waals surface area contributed by atoms with Crippen LogP contribution in [0, 0.1) is 11.6 Å². The standard InChI is InChI=1S/C16H13ClF2N2O2/c1-22-11-6-12(23-2)15(19)16(14(11)18)21-4-3-9-5-13(17)20-7-10(9)8-21/h3-7H,8H2,1-2H3. The minimum absolute atomic E-state index is 0.0910. The van der Waals surface area contributed by atoms with E-state index in [9.17, 15) is 8.78 Å². The molecular formula is C16H13ClF2N2O2. The van der Waals surface area contributed by atoms with Crippen molar-refractivity contribution in [2.24, 2.45) is 0 Å². The van der Waals surface area contributed by atoms with E-state index in [1.165, 1.54) is 25.2 Å². The summed E-state index contributed by atoms with van der Waals surface area (Å²) in [4.78, 5) is 5.44. The van der Waals surface area contributed by atoms with Gasteiger partial charge in [0, 0.05) is 25.0 Å². The van der Waals surface area contributed by atoms with Crippen LogP contribution >= 0.6 is 11.6 Å². The van der Waals surface area contributed by atoms with E-state index in [2.05, 4.69) is 4.98 Å². The van der Waals surface area contributed by atoms with E-state index in [4.69, 9.17) is 21.1 Å². The first-order chi connectivity index (χ1) is 11.0. The number of rotatable bonds is 3. The lowest BCUT2D eigenvalue weighted by atomic mass is 10.1. The third kappa shape index (κ3) is 2.70. The van der Waals surface area contributed by atoms with Crippen molar-refractivity contribution < 1.29 is 18.3 Å².